The van der Waals surface area contributed by atoms with Gasteiger partial charge in [-0.15, -0.1) is 0 Å². The third-order valence-electron chi connectivity index (χ3n) is 1.27. The summed E-state index contributed by atoms with van der Waals surface area (Å²) < 4.78 is 12.9. The Morgan fingerprint density at radius 1 is 1.64 bits per heavy atom. The third kappa shape index (κ3) is 2.14. The maximum atomic E-state index is 12.9. The molecule has 0 bridgehead atoms. The Morgan fingerprint density at radius 2 is 2.27 bits per heavy atom. The van der Waals surface area contributed by atoms with Crippen LogP contribution in [0.2, 0.25) is 5.15 Å². The molecular formula is C7H6BrClFN. The Hall–Kier alpha value is -0.150. The van der Waals surface area contributed by atoms with E-state index in [1.165, 1.54) is 0 Å². The summed E-state index contributed by atoms with van der Waals surface area (Å²) in [6.07, 6.45) is 0. The fraction of sp³-hybridized carbons (Fsp3) is 0.286. The van der Waals surface area contributed by atoms with Gasteiger partial charge in [-0.25, -0.2) is 4.98 Å². The molecule has 0 spiro atoms. The summed E-state index contributed by atoms with van der Waals surface area (Å²) in [6.45, 7) is 1.83. The maximum Gasteiger partial charge on any atom is 0.218 e. The minimum absolute atomic E-state index is 0.0349. The van der Waals surface area contributed by atoms with Crippen molar-refractivity contribution < 1.29 is 4.39 Å². The smallest absolute Gasteiger partial charge is 0.208 e. The largest absolute Gasteiger partial charge is 0.218 e. The lowest BCUT2D eigenvalue weighted by atomic mass is 10.2. The summed E-state index contributed by atoms with van der Waals surface area (Å²) >= 11 is 8.69. The molecule has 1 aromatic heterocycles. The van der Waals surface area contributed by atoms with Crippen molar-refractivity contribution >= 4 is 27.5 Å². The predicted octanol–water partition coefficient (Wildman–Crippen LogP) is 3.33. The van der Waals surface area contributed by atoms with Crippen LogP contribution < -0.4 is 0 Å². The first-order valence-corrected chi connectivity index (χ1v) is 4.36. The summed E-state index contributed by atoms with van der Waals surface area (Å²) in [5.41, 5.74) is 0.523. The highest BCUT2D eigenvalue weighted by atomic mass is 79.9. The van der Waals surface area contributed by atoms with Crippen molar-refractivity contribution in [3.63, 3.8) is 0 Å². The van der Waals surface area contributed by atoms with Crippen LogP contribution in [0.3, 0.4) is 0 Å². The van der Waals surface area contributed by atoms with E-state index < -0.39 is 5.95 Å². The first-order valence-electron chi connectivity index (χ1n) is 3.07. The number of nitrogens with zero attached hydrogens (tertiary/aromatic N) is 1. The monoisotopic (exact) mass is 237 g/mol. The number of pyridine rings is 1. The number of rotatable bonds is 1. The average molecular weight is 238 g/mol. The fourth-order valence-corrected chi connectivity index (χ4v) is 1.20. The summed E-state index contributed by atoms with van der Waals surface area (Å²) in [4.78, 5) is 3.43. The Labute approximate surface area is 77.7 Å². The molecule has 1 atom stereocenters. The summed E-state index contributed by atoms with van der Waals surface area (Å²) in [7, 11) is 0. The second kappa shape index (κ2) is 3.50. The molecule has 0 saturated heterocycles. The lowest BCUT2D eigenvalue weighted by Crippen LogP contribution is -1.93. The standard InChI is InChI=1S/C7H6BrClFN/c1-4(8)5-2-3-6(9)11-7(5)10/h2-4H,1H3. The summed E-state index contributed by atoms with van der Waals surface area (Å²) in [5, 5.41) is 0.180. The minimum Gasteiger partial charge on any atom is -0.208 e. The number of hydrogen-bond acceptors (Lipinski definition) is 1. The van der Waals surface area contributed by atoms with E-state index in [-0.39, 0.29) is 9.98 Å². The van der Waals surface area contributed by atoms with Crippen LogP contribution in [-0.2, 0) is 0 Å². The second-order valence-electron chi connectivity index (χ2n) is 2.13. The quantitative estimate of drug-likeness (QED) is 0.540. The number of halogens is 3. The Bertz CT molecular complexity index is 265. The third-order valence-corrected chi connectivity index (χ3v) is 1.98. The normalized spacial score (nSPS) is 13.1. The van der Waals surface area contributed by atoms with Crippen molar-refractivity contribution in [3.05, 3.63) is 28.8 Å². The Kier molecular flexibility index (Phi) is 2.84. The van der Waals surface area contributed by atoms with Gasteiger partial charge in [0, 0.05) is 10.4 Å². The van der Waals surface area contributed by atoms with Gasteiger partial charge in [-0.05, 0) is 13.0 Å². The molecule has 0 aromatic carbocycles. The second-order valence-corrected chi connectivity index (χ2v) is 3.89. The molecule has 0 aliphatic carbocycles. The maximum absolute atomic E-state index is 12.9. The first-order chi connectivity index (χ1) is 5.11. The van der Waals surface area contributed by atoms with Crippen molar-refractivity contribution in [1.29, 1.82) is 0 Å². The fourth-order valence-electron chi connectivity index (χ4n) is 0.720. The number of alkyl halides is 1. The molecule has 0 saturated carbocycles. The molecule has 1 rings (SSSR count). The van der Waals surface area contributed by atoms with Crippen LogP contribution in [0.5, 0.6) is 0 Å². The molecule has 0 N–H and O–H groups in total. The predicted molar refractivity (Wildman–Crippen MR) is 46.5 cm³/mol. The summed E-state index contributed by atoms with van der Waals surface area (Å²) in [6, 6.07) is 3.18. The Balaban J connectivity index is 3.09. The van der Waals surface area contributed by atoms with Crippen LogP contribution in [0.4, 0.5) is 4.39 Å². The minimum atomic E-state index is -0.512. The SMILES string of the molecule is CC(Br)c1ccc(Cl)nc1F. The van der Waals surface area contributed by atoms with E-state index >= 15 is 0 Å². The Morgan fingerprint density at radius 3 is 2.73 bits per heavy atom. The number of aromatic nitrogens is 1. The van der Waals surface area contributed by atoms with Crippen LogP contribution in [0.25, 0.3) is 0 Å². The van der Waals surface area contributed by atoms with Crippen molar-refractivity contribution in [2.24, 2.45) is 0 Å². The van der Waals surface area contributed by atoms with Gasteiger partial charge in [0.25, 0.3) is 0 Å². The van der Waals surface area contributed by atoms with Gasteiger partial charge in [-0.2, -0.15) is 4.39 Å². The lowest BCUT2D eigenvalue weighted by molar-refractivity contribution is 0.568. The summed E-state index contributed by atoms with van der Waals surface area (Å²) in [5.74, 6) is -0.512. The zero-order valence-corrected chi connectivity index (χ0v) is 8.16. The molecule has 11 heavy (non-hydrogen) atoms. The molecular weight excluding hydrogens is 232 g/mol. The molecule has 1 nitrogen and oxygen atoms in total. The van der Waals surface area contributed by atoms with E-state index in [0.29, 0.717) is 5.56 Å². The van der Waals surface area contributed by atoms with E-state index in [9.17, 15) is 4.39 Å². The first kappa shape index (κ1) is 8.94. The van der Waals surface area contributed by atoms with Crippen molar-refractivity contribution in [3.8, 4) is 0 Å². The topological polar surface area (TPSA) is 12.9 Å². The van der Waals surface area contributed by atoms with Gasteiger partial charge in [-0.1, -0.05) is 33.6 Å². The van der Waals surface area contributed by atoms with E-state index in [2.05, 4.69) is 20.9 Å². The van der Waals surface area contributed by atoms with Crippen molar-refractivity contribution in [2.75, 3.05) is 0 Å². The molecule has 0 fully saturated rings. The number of hydrogen-bond donors (Lipinski definition) is 0. The molecule has 0 aliphatic heterocycles. The highest BCUT2D eigenvalue weighted by Gasteiger charge is 2.08. The van der Waals surface area contributed by atoms with Gasteiger partial charge < -0.3 is 0 Å². The molecule has 1 unspecified atom stereocenters. The average Bonchev–Trinajstić information content (AvgIpc) is 1.85. The van der Waals surface area contributed by atoms with E-state index in [1.54, 1.807) is 12.1 Å². The van der Waals surface area contributed by atoms with Gasteiger partial charge in [0.1, 0.15) is 5.15 Å². The molecule has 0 amide bonds. The lowest BCUT2D eigenvalue weighted by Gasteiger charge is -2.03. The van der Waals surface area contributed by atoms with Crippen LogP contribution in [0.15, 0.2) is 12.1 Å². The van der Waals surface area contributed by atoms with Crippen LogP contribution in [-0.4, -0.2) is 4.98 Å². The van der Waals surface area contributed by atoms with E-state index in [1.807, 2.05) is 6.92 Å². The molecule has 1 heterocycles. The van der Waals surface area contributed by atoms with Crippen molar-refractivity contribution in [1.82, 2.24) is 4.98 Å². The van der Waals surface area contributed by atoms with Gasteiger partial charge in [0.05, 0.1) is 0 Å². The van der Waals surface area contributed by atoms with Crippen molar-refractivity contribution in [2.45, 2.75) is 11.8 Å². The molecule has 4 heteroatoms. The molecule has 60 valence electrons. The highest BCUT2D eigenvalue weighted by molar-refractivity contribution is 9.09. The highest BCUT2D eigenvalue weighted by Crippen LogP contribution is 2.24. The van der Waals surface area contributed by atoms with Gasteiger partial charge >= 0.3 is 0 Å². The van der Waals surface area contributed by atoms with Gasteiger partial charge in [-0.3, -0.25) is 0 Å². The molecule has 0 aliphatic rings. The van der Waals surface area contributed by atoms with E-state index in [4.69, 9.17) is 11.6 Å². The molecule has 0 radical (unpaired) electrons. The van der Waals surface area contributed by atoms with Crippen LogP contribution >= 0.6 is 27.5 Å². The van der Waals surface area contributed by atoms with Gasteiger partial charge in [0.2, 0.25) is 5.95 Å². The molecule has 1 aromatic rings. The van der Waals surface area contributed by atoms with E-state index in [0.717, 1.165) is 0 Å². The van der Waals surface area contributed by atoms with Crippen LogP contribution in [0.1, 0.15) is 17.3 Å². The zero-order chi connectivity index (χ0) is 8.43. The van der Waals surface area contributed by atoms with Crippen LogP contribution in [0, 0.1) is 5.95 Å². The zero-order valence-electron chi connectivity index (χ0n) is 5.81. The van der Waals surface area contributed by atoms with Gasteiger partial charge in [0.15, 0.2) is 0 Å².